The van der Waals surface area contributed by atoms with Crippen LogP contribution in [-0.4, -0.2) is 25.8 Å². The molecule has 9 heteroatoms. The van der Waals surface area contributed by atoms with Gasteiger partial charge in [-0.2, -0.15) is 5.10 Å². The lowest BCUT2D eigenvalue weighted by molar-refractivity contribution is 0.0952. The molecule has 0 aromatic heterocycles. The average molecular weight is 552 g/mol. The Morgan fingerprint density at radius 2 is 1.76 bits per heavy atom. The van der Waals surface area contributed by atoms with Crippen molar-refractivity contribution in [1.82, 2.24) is 5.43 Å². The maximum atomic E-state index is 12.5. The van der Waals surface area contributed by atoms with Gasteiger partial charge in [0.15, 0.2) is 11.5 Å². The van der Waals surface area contributed by atoms with Crippen molar-refractivity contribution in [2.75, 3.05) is 13.7 Å². The summed E-state index contributed by atoms with van der Waals surface area (Å²) in [7, 11) is 1.50. The van der Waals surface area contributed by atoms with E-state index < -0.39 is 5.91 Å². The quantitative estimate of drug-likeness (QED) is 0.243. The van der Waals surface area contributed by atoms with Crippen molar-refractivity contribution in [1.29, 1.82) is 0 Å². The number of halogens is 3. The van der Waals surface area contributed by atoms with Crippen LogP contribution in [-0.2, 0) is 6.61 Å². The molecule has 0 saturated heterocycles. The van der Waals surface area contributed by atoms with E-state index in [1.165, 1.54) is 13.3 Å². The van der Waals surface area contributed by atoms with Crippen LogP contribution in [0.2, 0.25) is 10.0 Å². The molecule has 1 N–H and O–H groups in total. The van der Waals surface area contributed by atoms with Gasteiger partial charge in [0.1, 0.15) is 12.4 Å². The highest BCUT2D eigenvalue weighted by Crippen LogP contribution is 2.31. The Morgan fingerprint density at radius 1 is 1.03 bits per heavy atom. The van der Waals surface area contributed by atoms with E-state index in [2.05, 4.69) is 26.5 Å². The molecular weight excluding hydrogens is 531 g/mol. The molecule has 3 aromatic rings. The number of carbonyl (C=O) groups is 1. The van der Waals surface area contributed by atoms with Gasteiger partial charge in [-0.1, -0.05) is 45.2 Å². The van der Waals surface area contributed by atoms with Crippen LogP contribution in [0.4, 0.5) is 0 Å². The van der Waals surface area contributed by atoms with Crippen LogP contribution < -0.4 is 19.6 Å². The predicted octanol–water partition coefficient (Wildman–Crippen LogP) is 6.51. The predicted molar refractivity (Wildman–Crippen MR) is 134 cm³/mol. The molecule has 0 saturated carbocycles. The van der Waals surface area contributed by atoms with Gasteiger partial charge < -0.3 is 14.2 Å². The molecule has 0 fully saturated rings. The third-order valence-electron chi connectivity index (χ3n) is 4.49. The van der Waals surface area contributed by atoms with Crippen LogP contribution >= 0.6 is 39.1 Å². The number of methoxy groups -OCH3 is 1. The van der Waals surface area contributed by atoms with E-state index in [4.69, 9.17) is 37.4 Å². The molecular formula is C24H21BrCl2N2O4. The highest BCUT2D eigenvalue weighted by Gasteiger charge is 2.13. The second-order valence-corrected chi connectivity index (χ2v) is 8.40. The molecule has 6 nitrogen and oxygen atoms in total. The summed E-state index contributed by atoms with van der Waals surface area (Å²) >= 11 is 15.8. The largest absolute Gasteiger partial charge is 0.496 e. The van der Waals surface area contributed by atoms with E-state index >= 15 is 0 Å². The number of hydrazone groups is 1. The topological polar surface area (TPSA) is 69.2 Å². The first kappa shape index (κ1) is 24.9. The number of nitrogens with zero attached hydrogens (tertiary/aromatic N) is 1. The minimum Gasteiger partial charge on any atom is -0.496 e. The number of amides is 1. The van der Waals surface area contributed by atoms with Gasteiger partial charge in [0.2, 0.25) is 0 Å². The molecule has 0 aliphatic carbocycles. The summed E-state index contributed by atoms with van der Waals surface area (Å²) in [6.45, 7) is 2.51. The fourth-order valence-corrected chi connectivity index (χ4v) is 3.76. The summed E-state index contributed by atoms with van der Waals surface area (Å²) in [6, 6.07) is 15.8. The summed E-state index contributed by atoms with van der Waals surface area (Å²) in [5, 5.41) is 5.10. The summed E-state index contributed by atoms with van der Waals surface area (Å²) in [6.07, 6.45) is 1.51. The van der Waals surface area contributed by atoms with Crippen molar-refractivity contribution in [3.63, 3.8) is 0 Å². The van der Waals surface area contributed by atoms with E-state index in [0.717, 1.165) is 4.47 Å². The Balaban J connectivity index is 1.71. The third kappa shape index (κ3) is 6.63. The Labute approximate surface area is 210 Å². The van der Waals surface area contributed by atoms with Crippen LogP contribution in [0.5, 0.6) is 17.2 Å². The molecule has 172 valence electrons. The summed E-state index contributed by atoms with van der Waals surface area (Å²) in [5.74, 6) is 1.12. The Morgan fingerprint density at radius 3 is 2.45 bits per heavy atom. The Kier molecular flexibility index (Phi) is 9.00. The van der Waals surface area contributed by atoms with Crippen LogP contribution in [0.25, 0.3) is 0 Å². The first-order chi connectivity index (χ1) is 15.9. The van der Waals surface area contributed by atoms with Gasteiger partial charge in [-0.05, 0) is 61.0 Å². The van der Waals surface area contributed by atoms with Crippen molar-refractivity contribution >= 4 is 51.3 Å². The molecule has 0 bridgehead atoms. The first-order valence-electron chi connectivity index (χ1n) is 9.92. The van der Waals surface area contributed by atoms with Gasteiger partial charge in [0.25, 0.3) is 5.91 Å². The van der Waals surface area contributed by atoms with Crippen LogP contribution in [0.3, 0.4) is 0 Å². The average Bonchev–Trinajstić information content (AvgIpc) is 2.80. The van der Waals surface area contributed by atoms with Crippen molar-refractivity contribution in [2.24, 2.45) is 5.10 Å². The highest BCUT2D eigenvalue weighted by molar-refractivity contribution is 9.10. The normalized spacial score (nSPS) is 10.8. The third-order valence-corrected chi connectivity index (χ3v) is 5.69. The number of rotatable bonds is 9. The number of nitrogens with one attached hydrogen (secondary N) is 1. The summed E-state index contributed by atoms with van der Waals surface area (Å²) < 4.78 is 17.6. The zero-order valence-corrected chi connectivity index (χ0v) is 21.0. The number of carbonyl (C=O) groups excluding carboxylic acids is 1. The monoisotopic (exact) mass is 550 g/mol. The molecule has 33 heavy (non-hydrogen) atoms. The maximum Gasteiger partial charge on any atom is 0.275 e. The Bertz CT molecular complexity index is 1150. The minimum absolute atomic E-state index is 0.191. The molecule has 3 aromatic carbocycles. The lowest BCUT2D eigenvalue weighted by Gasteiger charge is -2.14. The van der Waals surface area contributed by atoms with Crippen molar-refractivity contribution < 1.29 is 19.0 Å². The van der Waals surface area contributed by atoms with Gasteiger partial charge in [-0.25, -0.2) is 5.43 Å². The van der Waals surface area contributed by atoms with Gasteiger partial charge in [0, 0.05) is 20.1 Å². The highest BCUT2D eigenvalue weighted by atomic mass is 79.9. The smallest absolute Gasteiger partial charge is 0.275 e. The Hall–Kier alpha value is -2.74. The summed E-state index contributed by atoms with van der Waals surface area (Å²) in [5.41, 5.74) is 4.27. The lowest BCUT2D eigenvalue weighted by atomic mass is 10.2. The van der Waals surface area contributed by atoms with E-state index in [9.17, 15) is 4.79 Å². The first-order valence-corrected chi connectivity index (χ1v) is 11.5. The van der Waals surface area contributed by atoms with Crippen LogP contribution in [0.15, 0.2) is 64.2 Å². The molecule has 0 heterocycles. The van der Waals surface area contributed by atoms with E-state index in [1.807, 2.05) is 6.92 Å². The summed E-state index contributed by atoms with van der Waals surface area (Å²) in [4.78, 5) is 12.5. The molecule has 0 atom stereocenters. The lowest BCUT2D eigenvalue weighted by Crippen LogP contribution is -2.18. The van der Waals surface area contributed by atoms with E-state index in [0.29, 0.717) is 50.6 Å². The van der Waals surface area contributed by atoms with Crippen LogP contribution in [0, 0.1) is 0 Å². The maximum absolute atomic E-state index is 12.5. The van der Waals surface area contributed by atoms with Crippen molar-refractivity contribution in [3.8, 4) is 17.2 Å². The molecule has 0 aliphatic heterocycles. The second-order valence-electron chi connectivity index (χ2n) is 6.67. The molecule has 0 unspecified atom stereocenters. The number of hydrogen-bond acceptors (Lipinski definition) is 5. The molecule has 0 aliphatic rings. The molecule has 0 spiro atoms. The minimum atomic E-state index is -0.397. The van der Waals surface area contributed by atoms with Gasteiger partial charge in [-0.3, -0.25) is 4.79 Å². The van der Waals surface area contributed by atoms with E-state index in [-0.39, 0.29) is 6.61 Å². The standard InChI is InChI=1S/C24H21BrCl2N2O4/c1-3-32-23-11-15(7-9-22(23)33-14-18-19(26)5-4-6-20(18)27)13-28-29-24(30)17-12-16(25)8-10-21(17)31-2/h4-13H,3,14H2,1-2H3,(H,29,30)/b28-13-. The zero-order chi connectivity index (χ0) is 23.8. The number of benzene rings is 3. The molecule has 0 radical (unpaired) electrons. The zero-order valence-electron chi connectivity index (χ0n) is 17.9. The van der Waals surface area contributed by atoms with Crippen molar-refractivity contribution in [3.05, 3.63) is 85.8 Å². The fourth-order valence-electron chi connectivity index (χ4n) is 2.90. The van der Waals surface area contributed by atoms with E-state index in [1.54, 1.807) is 54.6 Å². The second kappa shape index (κ2) is 11.9. The molecule has 1 amide bonds. The van der Waals surface area contributed by atoms with Gasteiger partial charge >= 0.3 is 0 Å². The van der Waals surface area contributed by atoms with Gasteiger partial charge in [-0.15, -0.1) is 0 Å². The van der Waals surface area contributed by atoms with Crippen LogP contribution in [0.1, 0.15) is 28.4 Å². The van der Waals surface area contributed by atoms with Gasteiger partial charge in [0.05, 0.1) is 25.5 Å². The number of hydrogen-bond donors (Lipinski definition) is 1. The SMILES string of the molecule is CCOc1cc(/C=N\NC(=O)c2cc(Br)ccc2OC)ccc1OCc1c(Cl)cccc1Cl. The fraction of sp³-hybridized carbons (Fsp3) is 0.167. The molecule has 3 rings (SSSR count). The van der Waals surface area contributed by atoms with Crippen molar-refractivity contribution in [2.45, 2.75) is 13.5 Å². The number of ether oxygens (including phenoxy) is 3.